The summed E-state index contributed by atoms with van der Waals surface area (Å²) in [5, 5.41) is 8.79. The summed E-state index contributed by atoms with van der Waals surface area (Å²) in [7, 11) is 0. The Morgan fingerprint density at radius 1 is 1.22 bits per heavy atom. The Labute approximate surface area is 103 Å². The molecule has 0 aliphatic heterocycles. The average Bonchev–Trinajstić information content (AvgIpc) is 2.77. The van der Waals surface area contributed by atoms with Crippen molar-refractivity contribution in [1.29, 1.82) is 5.26 Å². The molecule has 2 heterocycles. The molecule has 3 rings (SSSR count). The quantitative estimate of drug-likeness (QED) is 0.701. The molecule has 0 atom stereocenters. The molecule has 5 heteroatoms. The summed E-state index contributed by atoms with van der Waals surface area (Å²) >= 11 is 0. The summed E-state index contributed by atoms with van der Waals surface area (Å²) in [5.41, 5.74) is 3.55. The Morgan fingerprint density at radius 3 is 2.94 bits per heavy atom. The highest BCUT2D eigenvalue weighted by Crippen LogP contribution is 2.21. The summed E-state index contributed by atoms with van der Waals surface area (Å²) in [6.07, 6.45) is 1.59. The molecule has 0 radical (unpaired) electrons. The van der Waals surface area contributed by atoms with Crippen molar-refractivity contribution in [2.75, 3.05) is 0 Å². The Morgan fingerprint density at radius 2 is 2.11 bits per heavy atom. The first-order valence-electron chi connectivity index (χ1n) is 5.46. The van der Waals surface area contributed by atoms with Gasteiger partial charge in [0.15, 0.2) is 0 Å². The molecule has 0 saturated carbocycles. The van der Waals surface area contributed by atoms with Crippen molar-refractivity contribution in [2.45, 2.75) is 6.92 Å². The van der Waals surface area contributed by atoms with Crippen molar-refractivity contribution < 1.29 is 0 Å². The Kier molecular flexibility index (Phi) is 2.27. The minimum atomic E-state index is 0.174. The van der Waals surface area contributed by atoms with Crippen LogP contribution >= 0.6 is 0 Å². The van der Waals surface area contributed by atoms with Crippen LogP contribution in [0, 0.1) is 18.3 Å². The van der Waals surface area contributed by atoms with Gasteiger partial charge in [-0.25, -0.2) is 15.0 Å². The summed E-state index contributed by atoms with van der Waals surface area (Å²) in [6.45, 7) is 1.91. The third-order valence-corrected chi connectivity index (χ3v) is 2.65. The minimum absolute atomic E-state index is 0.174. The normalized spacial score (nSPS) is 10.4. The lowest BCUT2D eigenvalue weighted by Gasteiger charge is -2.00. The summed E-state index contributed by atoms with van der Waals surface area (Å²) in [5.74, 6) is 1.05. The van der Waals surface area contributed by atoms with Gasteiger partial charge in [-0.3, -0.25) is 0 Å². The standard InChI is InChI=1S/C13H9N5/c1-8-16-11-3-2-9(6-12(11)17-8)10-4-5-15-13(7-14)18-10/h2-6H,1H3,(H,16,17). The lowest BCUT2D eigenvalue weighted by atomic mass is 10.1. The number of hydrogen-bond acceptors (Lipinski definition) is 4. The molecule has 1 N–H and O–H groups in total. The molecule has 0 aliphatic rings. The Hall–Kier alpha value is -2.74. The number of nitriles is 1. The first kappa shape index (κ1) is 10.4. The van der Waals surface area contributed by atoms with Crippen LogP contribution in [0.15, 0.2) is 30.5 Å². The highest BCUT2D eigenvalue weighted by molar-refractivity contribution is 5.81. The molecule has 0 bridgehead atoms. The SMILES string of the molecule is Cc1nc2ccc(-c3ccnc(C#N)n3)cc2[nH]1. The van der Waals surface area contributed by atoms with Crippen LogP contribution in [0.5, 0.6) is 0 Å². The Balaban J connectivity index is 2.16. The van der Waals surface area contributed by atoms with Crippen LogP contribution in [0.3, 0.4) is 0 Å². The lowest BCUT2D eigenvalue weighted by Crippen LogP contribution is -1.90. The van der Waals surface area contributed by atoms with Gasteiger partial charge < -0.3 is 4.98 Å². The fraction of sp³-hybridized carbons (Fsp3) is 0.0769. The maximum atomic E-state index is 8.79. The predicted octanol–water partition coefficient (Wildman–Crippen LogP) is 2.20. The van der Waals surface area contributed by atoms with Crippen molar-refractivity contribution >= 4 is 11.0 Å². The molecule has 86 valence electrons. The van der Waals surface area contributed by atoms with Crippen molar-refractivity contribution in [2.24, 2.45) is 0 Å². The summed E-state index contributed by atoms with van der Waals surface area (Å²) in [4.78, 5) is 15.5. The first-order valence-corrected chi connectivity index (χ1v) is 5.46. The maximum absolute atomic E-state index is 8.79. The molecule has 2 aromatic heterocycles. The van der Waals surface area contributed by atoms with Gasteiger partial charge >= 0.3 is 0 Å². The highest BCUT2D eigenvalue weighted by Gasteiger charge is 2.05. The second kappa shape index (κ2) is 3.93. The summed E-state index contributed by atoms with van der Waals surface area (Å²) < 4.78 is 0. The predicted molar refractivity (Wildman–Crippen MR) is 66.6 cm³/mol. The number of aromatic amines is 1. The number of fused-ring (bicyclic) bond motifs is 1. The van der Waals surface area contributed by atoms with Gasteiger partial charge in [0.1, 0.15) is 11.9 Å². The van der Waals surface area contributed by atoms with Crippen LogP contribution in [0.4, 0.5) is 0 Å². The van der Waals surface area contributed by atoms with Crippen molar-refractivity contribution in [3.05, 3.63) is 42.1 Å². The van der Waals surface area contributed by atoms with Gasteiger partial charge in [0.05, 0.1) is 16.7 Å². The van der Waals surface area contributed by atoms with Gasteiger partial charge in [-0.2, -0.15) is 5.26 Å². The van der Waals surface area contributed by atoms with Gasteiger partial charge in [0, 0.05) is 11.8 Å². The highest BCUT2D eigenvalue weighted by atomic mass is 14.9. The van der Waals surface area contributed by atoms with E-state index in [4.69, 9.17) is 5.26 Å². The van der Waals surface area contributed by atoms with E-state index in [0.29, 0.717) is 0 Å². The average molecular weight is 235 g/mol. The van der Waals surface area contributed by atoms with E-state index in [1.165, 1.54) is 0 Å². The number of H-pyrrole nitrogens is 1. The van der Waals surface area contributed by atoms with E-state index in [0.717, 1.165) is 28.1 Å². The Bertz CT molecular complexity index is 766. The molecule has 0 fully saturated rings. The third kappa shape index (κ3) is 1.70. The molecule has 5 nitrogen and oxygen atoms in total. The molecule has 0 unspecified atom stereocenters. The minimum Gasteiger partial charge on any atom is -0.342 e. The fourth-order valence-electron chi connectivity index (χ4n) is 1.87. The smallest absolute Gasteiger partial charge is 0.232 e. The maximum Gasteiger partial charge on any atom is 0.232 e. The summed E-state index contributed by atoms with van der Waals surface area (Å²) in [6, 6.07) is 9.56. The molecule has 1 aromatic carbocycles. The van der Waals surface area contributed by atoms with E-state index >= 15 is 0 Å². The number of hydrogen-bond donors (Lipinski definition) is 1. The number of imidazole rings is 1. The van der Waals surface area contributed by atoms with Gasteiger partial charge in [0.2, 0.25) is 5.82 Å². The van der Waals surface area contributed by atoms with Crippen LogP contribution in [-0.4, -0.2) is 19.9 Å². The zero-order chi connectivity index (χ0) is 12.5. The van der Waals surface area contributed by atoms with Gasteiger partial charge in [-0.15, -0.1) is 0 Å². The number of nitrogens with zero attached hydrogens (tertiary/aromatic N) is 4. The van der Waals surface area contributed by atoms with E-state index in [-0.39, 0.29) is 5.82 Å². The van der Waals surface area contributed by atoms with Gasteiger partial charge in [0.25, 0.3) is 0 Å². The zero-order valence-electron chi connectivity index (χ0n) is 9.68. The number of nitrogens with one attached hydrogen (secondary N) is 1. The second-order valence-corrected chi connectivity index (χ2v) is 3.93. The van der Waals surface area contributed by atoms with Crippen molar-refractivity contribution in [1.82, 2.24) is 19.9 Å². The van der Waals surface area contributed by atoms with E-state index < -0.39 is 0 Å². The van der Waals surface area contributed by atoms with E-state index in [1.54, 1.807) is 12.3 Å². The molecule has 0 spiro atoms. The van der Waals surface area contributed by atoms with Crippen LogP contribution < -0.4 is 0 Å². The second-order valence-electron chi connectivity index (χ2n) is 3.93. The van der Waals surface area contributed by atoms with Gasteiger partial charge in [-0.05, 0) is 25.1 Å². The number of aromatic nitrogens is 4. The van der Waals surface area contributed by atoms with E-state index in [1.807, 2.05) is 31.2 Å². The number of aryl methyl sites for hydroxylation is 1. The molecule has 3 aromatic rings. The number of benzene rings is 1. The van der Waals surface area contributed by atoms with Gasteiger partial charge in [-0.1, -0.05) is 6.07 Å². The van der Waals surface area contributed by atoms with Crippen LogP contribution in [0.25, 0.3) is 22.3 Å². The largest absolute Gasteiger partial charge is 0.342 e. The molecule has 0 amide bonds. The van der Waals surface area contributed by atoms with Crippen LogP contribution in [0.2, 0.25) is 0 Å². The third-order valence-electron chi connectivity index (χ3n) is 2.65. The van der Waals surface area contributed by atoms with E-state index in [9.17, 15) is 0 Å². The van der Waals surface area contributed by atoms with Crippen molar-refractivity contribution in [3.63, 3.8) is 0 Å². The number of rotatable bonds is 1. The molecule has 18 heavy (non-hydrogen) atoms. The van der Waals surface area contributed by atoms with E-state index in [2.05, 4.69) is 19.9 Å². The van der Waals surface area contributed by atoms with Crippen molar-refractivity contribution in [3.8, 4) is 17.3 Å². The molecule has 0 aliphatic carbocycles. The molecular weight excluding hydrogens is 226 g/mol. The topological polar surface area (TPSA) is 78.2 Å². The fourth-order valence-corrected chi connectivity index (χ4v) is 1.87. The lowest BCUT2D eigenvalue weighted by molar-refractivity contribution is 1.12. The molecular formula is C13H9N5. The monoisotopic (exact) mass is 235 g/mol. The van der Waals surface area contributed by atoms with Crippen LogP contribution in [-0.2, 0) is 0 Å². The van der Waals surface area contributed by atoms with Crippen LogP contribution in [0.1, 0.15) is 11.6 Å². The molecule has 0 saturated heterocycles. The zero-order valence-corrected chi connectivity index (χ0v) is 9.68. The first-order chi connectivity index (χ1) is 8.76.